The van der Waals surface area contributed by atoms with Crippen molar-refractivity contribution in [3.8, 4) is 5.75 Å². The molecule has 0 radical (unpaired) electrons. The number of anilines is 6. The third-order valence-corrected chi connectivity index (χ3v) is 4.37. The normalized spacial score (nSPS) is 11.8. The van der Waals surface area contributed by atoms with Crippen LogP contribution in [0.15, 0.2) is 48.5 Å². The third kappa shape index (κ3) is 3.70. The van der Waals surface area contributed by atoms with Crippen molar-refractivity contribution in [3.63, 3.8) is 0 Å². The number of aromatic hydroxyl groups is 1. The fourth-order valence-corrected chi connectivity index (χ4v) is 2.91. The summed E-state index contributed by atoms with van der Waals surface area (Å²) in [6.07, 6.45) is 0. The molecule has 1 amide bonds. The molecule has 0 atom stereocenters. The number of benzene rings is 2. The SMILES string of the molecule is CN(C)C(=O)c1cccc(Nc2nc3c(nc2Nc2ccccc2)NCN3)c1O. The second-order valence-corrected chi connectivity index (χ2v) is 6.67. The van der Waals surface area contributed by atoms with Gasteiger partial charge in [0.2, 0.25) is 0 Å². The number of hydrogen-bond acceptors (Lipinski definition) is 8. The van der Waals surface area contributed by atoms with Crippen LogP contribution in [0.25, 0.3) is 0 Å². The number of phenolic OH excluding ortho intramolecular Hbond substituents is 1. The van der Waals surface area contributed by atoms with E-state index in [1.807, 2.05) is 30.3 Å². The molecular weight excluding hydrogens is 370 g/mol. The van der Waals surface area contributed by atoms with E-state index >= 15 is 0 Å². The second kappa shape index (κ2) is 7.55. The van der Waals surface area contributed by atoms with Gasteiger partial charge in [0.15, 0.2) is 29.0 Å². The number of carbonyl (C=O) groups is 1. The Morgan fingerprint density at radius 2 is 1.62 bits per heavy atom. The number of phenols is 1. The minimum absolute atomic E-state index is 0.148. The van der Waals surface area contributed by atoms with E-state index in [1.165, 1.54) is 4.90 Å². The quantitative estimate of drug-likeness (QED) is 0.422. The Morgan fingerprint density at radius 3 is 2.28 bits per heavy atom. The van der Waals surface area contributed by atoms with Gasteiger partial charge in [0.05, 0.1) is 17.9 Å². The zero-order valence-electron chi connectivity index (χ0n) is 16.0. The second-order valence-electron chi connectivity index (χ2n) is 6.67. The van der Waals surface area contributed by atoms with Crippen LogP contribution in [-0.4, -0.2) is 46.6 Å². The average molecular weight is 391 g/mol. The van der Waals surface area contributed by atoms with Crippen molar-refractivity contribution >= 4 is 40.6 Å². The van der Waals surface area contributed by atoms with Gasteiger partial charge in [-0.25, -0.2) is 9.97 Å². The van der Waals surface area contributed by atoms with Crippen LogP contribution in [0.5, 0.6) is 5.75 Å². The monoisotopic (exact) mass is 391 g/mol. The van der Waals surface area contributed by atoms with Crippen LogP contribution in [0.2, 0.25) is 0 Å². The van der Waals surface area contributed by atoms with Crippen LogP contribution in [-0.2, 0) is 0 Å². The van der Waals surface area contributed by atoms with Gasteiger partial charge in [-0.2, -0.15) is 0 Å². The largest absolute Gasteiger partial charge is 0.505 e. The molecule has 0 bridgehead atoms. The molecule has 2 heterocycles. The predicted octanol–water partition coefficient (Wildman–Crippen LogP) is 3.17. The topological polar surface area (TPSA) is 114 Å². The molecule has 9 nitrogen and oxygen atoms in total. The van der Waals surface area contributed by atoms with Gasteiger partial charge in [0.25, 0.3) is 5.91 Å². The van der Waals surface area contributed by atoms with Gasteiger partial charge in [0, 0.05) is 19.8 Å². The molecule has 5 N–H and O–H groups in total. The van der Waals surface area contributed by atoms with Crippen molar-refractivity contribution in [3.05, 3.63) is 54.1 Å². The molecule has 3 aromatic rings. The summed E-state index contributed by atoms with van der Waals surface area (Å²) in [6.45, 7) is 0.529. The number of carbonyl (C=O) groups excluding carboxylic acids is 1. The highest BCUT2D eigenvalue weighted by molar-refractivity contribution is 5.98. The molecule has 4 rings (SSSR count). The summed E-state index contributed by atoms with van der Waals surface area (Å²) in [6, 6.07) is 14.5. The van der Waals surface area contributed by atoms with Gasteiger partial charge in [0.1, 0.15) is 0 Å². The maximum atomic E-state index is 12.3. The molecule has 148 valence electrons. The van der Waals surface area contributed by atoms with E-state index in [9.17, 15) is 9.90 Å². The fraction of sp³-hybridized carbons (Fsp3) is 0.150. The molecule has 9 heteroatoms. The van der Waals surface area contributed by atoms with Crippen LogP contribution in [0.3, 0.4) is 0 Å². The highest BCUT2D eigenvalue weighted by Gasteiger charge is 2.20. The first-order chi connectivity index (χ1) is 14.0. The summed E-state index contributed by atoms with van der Waals surface area (Å²) >= 11 is 0. The molecular formula is C20H21N7O2. The maximum Gasteiger partial charge on any atom is 0.257 e. The van der Waals surface area contributed by atoms with Gasteiger partial charge in [-0.1, -0.05) is 24.3 Å². The zero-order chi connectivity index (χ0) is 20.4. The number of fused-ring (bicyclic) bond motifs is 1. The van der Waals surface area contributed by atoms with Gasteiger partial charge < -0.3 is 31.3 Å². The first-order valence-corrected chi connectivity index (χ1v) is 9.05. The van der Waals surface area contributed by atoms with Crippen molar-refractivity contribution in [2.75, 3.05) is 42.0 Å². The van der Waals surface area contributed by atoms with E-state index in [1.54, 1.807) is 32.3 Å². The van der Waals surface area contributed by atoms with Crippen LogP contribution in [0.1, 0.15) is 10.4 Å². The molecule has 1 aliphatic rings. The van der Waals surface area contributed by atoms with Crippen LogP contribution in [0.4, 0.5) is 34.6 Å². The van der Waals surface area contributed by atoms with Crippen molar-refractivity contribution in [1.29, 1.82) is 0 Å². The number of amides is 1. The van der Waals surface area contributed by atoms with E-state index in [0.717, 1.165) is 5.69 Å². The molecule has 1 aromatic heterocycles. The lowest BCUT2D eigenvalue weighted by Crippen LogP contribution is -2.21. The van der Waals surface area contributed by atoms with Crippen LogP contribution in [0, 0.1) is 0 Å². The molecule has 0 saturated heterocycles. The molecule has 2 aromatic carbocycles. The summed E-state index contributed by atoms with van der Waals surface area (Å²) < 4.78 is 0. The molecule has 29 heavy (non-hydrogen) atoms. The molecule has 0 unspecified atom stereocenters. The van der Waals surface area contributed by atoms with E-state index in [2.05, 4.69) is 31.2 Å². The van der Waals surface area contributed by atoms with Crippen molar-refractivity contribution in [2.24, 2.45) is 0 Å². The Balaban J connectivity index is 1.72. The van der Waals surface area contributed by atoms with Gasteiger partial charge in [-0.05, 0) is 24.3 Å². The lowest BCUT2D eigenvalue weighted by molar-refractivity contribution is 0.0824. The Bertz CT molecular complexity index is 1050. The maximum absolute atomic E-state index is 12.3. The number of aromatic nitrogens is 2. The smallest absolute Gasteiger partial charge is 0.257 e. The van der Waals surface area contributed by atoms with Crippen molar-refractivity contribution in [2.45, 2.75) is 0 Å². The summed E-state index contributed by atoms with van der Waals surface area (Å²) in [7, 11) is 3.27. The number of para-hydroxylation sites is 2. The van der Waals surface area contributed by atoms with E-state index in [-0.39, 0.29) is 17.2 Å². The van der Waals surface area contributed by atoms with E-state index in [0.29, 0.717) is 35.6 Å². The lowest BCUT2D eigenvalue weighted by Gasteiger charge is -2.16. The van der Waals surface area contributed by atoms with Crippen molar-refractivity contribution in [1.82, 2.24) is 14.9 Å². The minimum Gasteiger partial charge on any atom is -0.505 e. The average Bonchev–Trinajstić information content (AvgIpc) is 3.17. The Labute approximate surface area is 167 Å². The van der Waals surface area contributed by atoms with E-state index in [4.69, 9.17) is 0 Å². The van der Waals surface area contributed by atoms with Gasteiger partial charge in [-0.3, -0.25) is 4.79 Å². The summed E-state index contributed by atoms with van der Waals surface area (Å²) in [5, 5.41) is 23.2. The van der Waals surface area contributed by atoms with Crippen molar-refractivity contribution < 1.29 is 9.90 Å². The zero-order valence-corrected chi connectivity index (χ0v) is 16.0. The highest BCUT2D eigenvalue weighted by atomic mass is 16.3. The summed E-state index contributed by atoms with van der Waals surface area (Å²) in [4.78, 5) is 22.9. The first kappa shape index (κ1) is 18.4. The Kier molecular flexibility index (Phi) is 4.78. The summed E-state index contributed by atoms with van der Waals surface area (Å²) in [5.41, 5.74) is 1.40. The highest BCUT2D eigenvalue weighted by Crippen LogP contribution is 2.35. The molecule has 0 fully saturated rings. The number of rotatable bonds is 5. The van der Waals surface area contributed by atoms with Gasteiger partial charge >= 0.3 is 0 Å². The van der Waals surface area contributed by atoms with Gasteiger partial charge in [-0.15, -0.1) is 0 Å². The summed E-state index contributed by atoms with van der Waals surface area (Å²) in [5.74, 6) is 1.69. The molecule has 0 spiro atoms. The number of hydrogen-bond donors (Lipinski definition) is 5. The minimum atomic E-state index is -0.292. The third-order valence-electron chi connectivity index (χ3n) is 4.37. The number of nitrogens with one attached hydrogen (secondary N) is 4. The standard InChI is InChI=1S/C20H21N7O2/c1-27(2)20(29)13-9-6-10-14(15(13)28)24-19-18(23-12-7-4-3-5-8-12)25-16-17(26-19)22-11-21-16/h3-10,28H,11H2,1-2H3,(H2,21,23,25)(H2,22,24,26). The van der Waals surface area contributed by atoms with Crippen LogP contribution < -0.4 is 21.3 Å². The fourth-order valence-electron chi connectivity index (χ4n) is 2.91. The molecule has 1 aliphatic heterocycles. The molecule has 0 aliphatic carbocycles. The first-order valence-electron chi connectivity index (χ1n) is 9.05. The Morgan fingerprint density at radius 1 is 0.966 bits per heavy atom. The Hall–Kier alpha value is -4.01. The van der Waals surface area contributed by atoms with E-state index < -0.39 is 0 Å². The lowest BCUT2D eigenvalue weighted by atomic mass is 10.1. The van der Waals surface area contributed by atoms with Crippen LogP contribution >= 0.6 is 0 Å². The predicted molar refractivity (Wildman–Crippen MR) is 113 cm³/mol. The number of nitrogens with zero attached hydrogens (tertiary/aromatic N) is 3. The molecule has 0 saturated carbocycles.